The molecule has 218 valence electrons. The van der Waals surface area contributed by atoms with E-state index < -0.39 is 12.3 Å². The van der Waals surface area contributed by atoms with Gasteiger partial charge in [0.25, 0.3) is 0 Å². The summed E-state index contributed by atoms with van der Waals surface area (Å²) < 4.78 is 49.5. The molecule has 0 aliphatic rings. The van der Waals surface area contributed by atoms with Crippen LogP contribution >= 0.6 is 0 Å². The molecule has 0 aliphatic carbocycles. The number of benzene rings is 2. The first-order valence-electron chi connectivity index (χ1n) is 14.3. The van der Waals surface area contributed by atoms with Gasteiger partial charge in [0.05, 0.1) is 5.69 Å². The zero-order valence-electron chi connectivity index (χ0n) is 23.8. The van der Waals surface area contributed by atoms with Gasteiger partial charge in [-0.1, -0.05) is 43.9 Å². The molecular formula is C33H43F2NO4. The summed E-state index contributed by atoms with van der Waals surface area (Å²) in [5.74, 6) is 1.30. The van der Waals surface area contributed by atoms with Crippen molar-refractivity contribution in [3.63, 3.8) is 0 Å². The monoisotopic (exact) mass is 555 g/mol. The van der Waals surface area contributed by atoms with E-state index >= 15 is 0 Å². The van der Waals surface area contributed by atoms with Gasteiger partial charge in [-0.15, -0.1) is 0 Å². The highest BCUT2D eigenvalue weighted by molar-refractivity contribution is 5.67. The van der Waals surface area contributed by atoms with Gasteiger partial charge in [0.1, 0.15) is 37.1 Å². The Balaban J connectivity index is 1.42. The minimum Gasteiger partial charge on any atom is -0.491 e. The van der Waals surface area contributed by atoms with Gasteiger partial charge in [-0.25, -0.2) is 8.78 Å². The summed E-state index contributed by atoms with van der Waals surface area (Å²) in [4.78, 5) is 4.61. The molecule has 2 unspecified atom stereocenters. The first-order chi connectivity index (χ1) is 19.6. The molecule has 7 heteroatoms. The van der Waals surface area contributed by atoms with Crippen molar-refractivity contribution in [3.05, 3.63) is 66.9 Å². The molecule has 0 N–H and O–H groups in total. The Kier molecular flexibility index (Phi) is 14.4. The number of halogens is 2. The van der Waals surface area contributed by atoms with E-state index in [0.29, 0.717) is 24.3 Å². The Bertz CT molecular complexity index is 975. The molecule has 0 saturated heterocycles. The molecule has 3 aromatic rings. The lowest BCUT2D eigenvalue weighted by Crippen LogP contribution is -2.12. The van der Waals surface area contributed by atoms with Gasteiger partial charge in [-0.2, -0.15) is 0 Å². The molecule has 0 amide bonds. The van der Waals surface area contributed by atoms with Crippen LogP contribution in [0.2, 0.25) is 0 Å². The van der Waals surface area contributed by atoms with Crippen molar-refractivity contribution in [2.45, 2.75) is 63.7 Å². The highest BCUT2D eigenvalue weighted by Gasteiger charge is 2.10. The molecule has 0 bridgehead atoms. The number of hydrogen-bond acceptors (Lipinski definition) is 5. The molecule has 0 aliphatic heterocycles. The smallest absolute Gasteiger partial charge is 0.134 e. The zero-order valence-corrected chi connectivity index (χ0v) is 23.8. The molecule has 1 aromatic heterocycles. The Morgan fingerprint density at radius 2 is 1.05 bits per heavy atom. The van der Waals surface area contributed by atoms with Crippen molar-refractivity contribution in [3.8, 4) is 33.9 Å². The summed E-state index contributed by atoms with van der Waals surface area (Å²) in [5.41, 5.74) is 3.78. The second-order valence-electron chi connectivity index (χ2n) is 9.98. The number of unbranched alkanes of at least 4 members (excludes halogenated alkanes) is 4. The number of aromatic nitrogens is 1. The average Bonchev–Trinajstić information content (AvgIpc) is 2.99. The molecule has 0 radical (unpaired) electrons. The van der Waals surface area contributed by atoms with E-state index in [9.17, 15) is 8.78 Å². The second-order valence-corrected chi connectivity index (χ2v) is 9.98. The van der Waals surface area contributed by atoms with Crippen LogP contribution < -0.4 is 9.47 Å². The Morgan fingerprint density at radius 1 is 0.575 bits per heavy atom. The summed E-state index contributed by atoms with van der Waals surface area (Å²) in [6.45, 7) is 1.57. The normalized spacial score (nSPS) is 12.7. The van der Waals surface area contributed by atoms with Crippen LogP contribution in [0.1, 0.15) is 51.4 Å². The fraction of sp³-hybridized carbons (Fsp3) is 0.485. The van der Waals surface area contributed by atoms with Crippen molar-refractivity contribution in [1.29, 1.82) is 0 Å². The third kappa shape index (κ3) is 11.6. The lowest BCUT2D eigenvalue weighted by atomic mass is 10.1. The fourth-order valence-electron chi connectivity index (χ4n) is 4.32. The number of ether oxygens (including phenoxy) is 4. The highest BCUT2D eigenvalue weighted by atomic mass is 19.1. The van der Waals surface area contributed by atoms with E-state index in [1.807, 2.05) is 66.9 Å². The molecule has 3 rings (SSSR count). The molecule has 0 spiro atoms. The number of alkyl halides is 2. The van der Waals surface area contributed by atoms with Gasteiger partial charge in [-0.05, 0) is 73.7 Å². The number of pyridine rings is 1. The van der Waals surface area contributed by atoms with E-state index in [1.165, 1.54) is 0 Å². The zero-order chi connectivity index (χ0) is 28.4. The molecule has 2 aromatic carbocycles. The third-order valence-corrected chi connectivity index (χ3v) is 6.69. The number of nitrogens with zero attached hydrogens (tertiary/aromatic N) is 1. The number of hydrogen-bond donors (Lipinski definition) is 0. The van der Waals surface area contributed by atoms with Crippen molar-refractivity contribution >= 4 is 0 Å². The summed E-state index contributed by atoms with van der Waals surface area (Å²) in [7, 11) is 3.36. The molecule has 1 heterocycles. The quantitative estimate of drug-likeness (QED) is 0.131. The first kappa shape index (κ1) is 31.5. The van der Waals surface area contributed by atoms with Crippen LogP contribution in [0.4, 0.5) is 8.78 Å². The van der Waals surface area contributed by atoms with Crippen LogP contribution in [0.3, 0.4) is 0 Å². The largest absolute Gasteiger partial charge is 0.491 e. The van der Waals surface area contributed by atoms with Crippen molar-refractivity contribution in [1.82, 2.24) is 4.98 Å². The van der Waals surface area contributed by atoms with Crippen LogP contribution in [-0.4, -0.2) is 58.0 Å². The lowest BCUT2D eigenvalue weighted by molar-refractivity contribution is 0.175. The Morgan fingerprint density at radius 3 is 1.50 bits per heavy atom. The minimum absolute atomic E-state index is 0.0596. The average molecular weight is 556 g/mol. The molecular weight excluding hydrogens is 512 g/mol. The Labute approximate surface area is 237 Å². The molecule has 5 nitrogen and oxygen atoms in total. The van der Waals surface area contributed by atoms with Crippen LogP contribution in [-0.2, 0) is 9.47 Å². The highest BCUT2D eigenvalue weighted by Crippen LogP contribution is 2.26. The maximum atomic E-state index is 14.1. The van der Waals surface area contributed by atoms with E-state index in [0.717, 1.165) is 74.1 Å². The SMILES string of the molecule is COCCCCCC(F)COc1ccc(-c2ccc(-c3ccc(OCC(F)CCCCCOC)cc3)nc2)cc1. The standard InChI is InChI=1S/C33H43F2NO4/c1-37-21-7-3-5-9-29(34)24-39-31-16-11-26(12-17-31)28-15-20-33(36-23-28)27-13-18-32(19-14-27)40-25-30(35)10-6-4-8-22-38-2/h11-20,23,29-30H,3-10,21-22,24-25H2,1-2H3. The van der Waals surface area contributed by atoms with E-state index in [-0.39, 0.29) is 13.2 Å². The van der Waals surface area contributed by atoms with Crippen LogP contribution in [0, 0.1) is 0 Å². The van der Waals surface area contributed by atoms with Crippen molar-refractivity contribution in [2.75, 3.05) is 40.6 Å². The summed E-state index contributed by atoms with van der Waals surface area (Å²) in [6.07, 6.45) is 6.41. The predicted molar refractivity (Wildman–Crippen MR) is 157 cm³/mol. The Hall–Kier alpha value is -3.03. The minimum atomic E-state index is -0.973. The maximum absolute atomic E-state index is 14.1. The van der Waals surface area contributed by atoms with Gasteiger partial charge in [0.2, 0.25) is 0 Å². The van der Waals surface area contributed by atoms with Crippen LogP contribution in [0.15, 0.2) is 66.9 Å². The van der Waals surface area contributed by atoms with Crippen molar-refractivity contribution < 1.29 is 27.7 Å². The number of methoxy groups -OCH3 is 2. The summed E-state index contributed by atoms with van der Waals surface area (Å²) >= 11 is 0. The summed E-state index contributed by atoms with van der Waals surface area (Å²) in [6, 6.07) is 19.2. The lowest BCUT2D eigenvalue weighted by Gasteiger charge is -2.11. The fourth-order valence-corrected chi connectivity index (χ4v) is 4.32. The maximum Gasteiger partial charge on any atom is 0.134 e. The summed E-state index contributed by atoms with van der Waals surface area (Å²) in [5, 5.41) is 0. The van der Waals surface area contributed by atoms with Gasteiger partial charge >= 0.3 is 0 Å². The van der Waals surface area contributed by atoms with Gasteiger partial charge in [0, 0.05) is 44.8 Å². The number of rotatable bonds is 20. The molecule has 0 saturated carbocycles. The molecule has 0 fully saturated rings. The molecule has 40 heavy (non-hydrogen) atoms. The van der Waals surface area contributed by atoms with Gasteiger partial charge < -0.3 is 18.9 Å². The first-order valence-corrected chi connectivity index (χ1v) is 14.3. The topological polar surface area (TPSA) is 49.8 Å². The third-order valence-electron chi connectivity index (χ3n) is 6.69. The van der Waals surface area contributed by atoms with E-state index in [1.54, 1.807) is 14.2 Å². The van der Waals surface area contributed by atoms with Crippen molar-refractivity contribution in [2.24, 2.45) is 0 Å². The van der Waals surface area contributed by atoms with Crippen LogP contribution in [0.5, 0.6) is 11.5 Å². The second kappa shape index (κ2) is 18.3. The van der Waals surface area contributed by atoms with Crippen LogP contribution in [0.25, 0.3) is 22.4 Å². The van der Waals surface area contributed by atoms with Gasteiger partial charge in [-0.3, -0.25) is 4.98 Å². The predicted octanol–water partition coefficient (Wildman–Crippen LogP) is 8.26. The van der Waals surface area contributed by atoms with E-state index in [4.69, 9.17) is 18.9 Å². The van der Waals surface area contributed by atoms with E-state index in [2.05, 4.69) is 4.98 Å². The molecule has 2 atom stereocenters. The van der Waals surface area contributed by atoms with Gasteiger partial charge in [0.15, 0.2) is 0 Å².